The number of aliphatic imine (C=N–C) groups is 1. The van der Waals surface area contributed by atoms with Crippen LogP contribution in [0.15, 0.2) is 29.3 Å². The second-order valence-electron chi connectivity index (χ2n) is 4.99. The average molecular weight is 213 g/mol. The van der Waals surface area contributed by atoms with E-state index in [9.17, 15) is 4.79 Å². The van der Waals surface area contributed by atoms with E-state index in [1.165, 1.54) is 30.4 Å². The lowest BCUT2D eigenvalue weighted by molar-refractivity contribution is 0.419. The quantitative estimate of drug-likeness (QED) is 0.559. The van der Waals surface area contributed by atoms with E-state index in [2.05, 4.69) is 29.3 Å². The summed E-state index contributed by atoms with van der Waals surface area (Å²) in [5, 5.41) is 0. The lowest BCUT2D eigenvalue weighted by Crippen LogP contribution is -2.10. The molecule has 82 valence electrons. The highest BCUT2D eigenvalue weighted by Crippen LogP contribution is 2.50. The topological polar surface area (TPSA) is 29.4 Å². The number of rotatable bonds is 3. The lowest BCUT2D eigenvalue weighted by Gasteiger charge is -2.26. The zero-order valence-electron chi connectivity index (χ0n) is 9.28. The van der Waals surface area contributed by atoms with Crippen LogP contribution in [0.5, 0.6) is 0 Å². The van der Waals surface area contributed by atoms with Crippen molar-refractivity contribution in [2.45, 2.75) is 43.6 Å². The molecule has 2 fully saturated rings. The molecule has 0 radical (unpaired) electrons. The molecule has 0 N–H and O–H groups in total. The molecule has 0 aliphatic heterocycles. The van der Waals surface area contributed by atoms with Gasteiger partial charge < -0.3 is 0 Å². The minimum absolute atomic E-state index is 0.207. The minimum atomic E-state index is -0.207. The third-order valence-electron chi connectivity index (χ3n) is 3.98. The van der Waals surface area contributed by atoms with Gasteiger partial charge in [-0.05, 0) is 42.7 Å². The number of hydrogen-bond donors (Lipinski definition) is 0. The van der Waals surface area contributed by atoms with Crippen LogP contribution >= 0.6 is 0 Å². The zero-order chi connectivity index (χ0) is 11.0. The molecule has 1 aromatic rings. The summed E-state index contributed by atoms with van der Waals surface area (Å²) in [5.74, 6) is 0.746. The molecule has 0 atom stereocenters. The Morgan fingerprint density at radius 1 is 1.31 bits per heavy atom. The molecular formula is C14H15NO. The molecule has 2 aliphatic carbocycles. The second kappa shape index (κ2) is 3.57. The van der Waals surface area contributed by atoms with Crippen molar-refractivity contribution in [1.29, 1.82) is 0 Å². The molecule has 3 rings (SSSR count). The Morgan fingerprint density at radius 2 is 2.12 bits per heavy atom. The van der Waals surface area contributed by atoms with Crippen molar-refractivity contribution in [3.63, 3.8) is 0 Å². The summed E-state index contributed by atoms with van der Waals surface area (Å²) >= 11 is 0. The van der Waals surface area contributed by atoms with Crippen molar-refractivity contribution in [2.75, 3.05) is 0 Å². The highest BCUT2D eigenvalue weighted by atomic mass is 16.1. The third kappa shape index (κ3) is 1.50. The van der Waals surface area contributed by atoms with Gasteiger partial charge in [-0.2, -0.15) is 4.99 Å². The summed E-state index contributed by atoms with van der Waals surface area (Å²) in [4.78, 5) is 14.4. The Morgan fingerprint density at radius 3 is 2.69 bits per heavy atom. The van der Waals surface area contributed by atoms with Crippen molar-refractivity contribution < 1.29 is 4.79 Å². The van der Waals surface area contributed by atoms with Gasteiger partial charge in [0, 0.05) is 0 Å². The van der Waals surface area contributed by atoms with Crippen molar-refractivity contribution >= 4 is 6.08 Å². The van der Waals surface area contributed by atoms with E-state index < -0.39 is 0 Å². The van der Waals surface area contributed by atoms with Crippen molar-refractivity contribution in [3.05, 3.63) is 35.4 Å². The molecule has 2 saturated carbocycles. The predicted molar refractivity (Wildman–Crippen MR) is 62.1 cm³/mol. The molecule has 0 bridgehead atoms. The van der Waals surface area contributed by atoms with Crippen LogP contribution < -0.4 is 0 Å². The van der Waals surface area contributed by atoms with E-state index in [0.717, 1.165) is 18.8 Å². The van der Waals surface area contributed by atoms with Crippen LogP contribution in [0, 0.1) is 0 Å². The molecule has 2 nitrogen and oxygen atoms in total. The normalized spacial score (nSPS) is 22.0. The molecule has 0 unspecified atom stereocenters. The smallest absolute Gasteiger partial charge is 0.211 e. The Labute approximate surface area is 95.4 Å². The van der Waals surface area contributed by atoms with Crippen LogP contribution in [0.1, 0.15) is 49.1 Å². The predicted octanol–water partition coefficient (Wildman–Crippen LogP) is 3.28. The van der Waals surface area contributed by atoms with Crippen LogP contribution in [-0.4, -0.2) is 6.08 Å². The van der Waals surface area contributed by atoms with E-state index in [0.29, 0.717) is 0 Å². The van der Waals surface area contributed by atoms with E-state index in [1.807, 2.05) is 0 Å². The maximum absolute atomic E-state index is 10.4. The highest BCUT2D eigenvalue weighted by Gasteiger charge is 2.45. The summed E-state index contributed by atoms with van der Waals surface area (Å²) in [6.45, 7) is 0. The number of hydrogen-bond acceptors (Lipinski definition) is 2. The van der Waals surface area contributed by atoms with Gasteiger partial charge in [0.15, 0.2) is 0 Å². The number of isocyanates is 1. The molecule has 0 amide bonds. The fourth-order valence-corrected chi connectivity index (χ4v) is 2.49. The summed E-state index contributed by atoms with van der Waals surface area (Å²) in [6, 6.07) is 8.64. The number of benzene rings is 1. The van der Waals surface area contributed by atoms with Crippen LogP contribution in [0.3, 0.4) is 0 Å². The van der Waals surface area contributed by atoms with Crippen LogP contribution in [-0.2, 0) is 10.3 Å². The van der Waals surface area contributed by atoms with Crippen molar-refractivity contribution in [1.82, 2.24) is 0 Å². The van der Waals surface area contributed by atoms with Gasteiger partial charge in [-0.15, -0.1) is 0 Å². The number of nitrogens with zero attached hydrogens (tertiary/aromatic N) is 1. The van der Waals surface area contributed by atoms with Gasteiger partial charge in [0.25, 0.3) is 0 Å². The molecule has 0 spiro atoms. The van der Waals surface area contributed by atoms with Crippen LogP contribution in [0.25, 0.3) is 0 Å². The van der Waals surface area contributed by atoms with Gasteiger partial charge in [-0.25, -0.2) is 4.79 Å². The molecule has 2 aliphatic rings. The molecule has 16 heavy (non-hydrogen) atoms. The first-order valence-electron chi connectivity index (χ1n) is 6.03. The van der Waals surface area contributed by atoms with E-state index >= 15 is 0 Å². The zero-order valence-corrected chi connectivity index (χ0v) is 9.28. The Hall–Kier alpha value is -1.40. The highest BCUT2D eigenvalue weighted by molar-refractivity contribution is 5.42. The van der Waals surface area contributed by atoms with Crippen LogP contribution in [0.2, 0.25) is 0 Å². The van der Waals surface area contributed by atoms with Crippen molar-refractivity contribution in [3.8, 4) is 0 Å². The molecule has 0 heterocycles. The Bertz CT molecular complexity index is 452. The first-order valence-corrected chi connectivity index (χ1v) is 6.03. The summed E-state index contributed by atoms with van der Waals surface area (Å²) in [6.07, 6.45) is 7.69. The summed E-state index contributed by atoms with van der Waals surface area (Å²) in [7, 11) is 0. The van der Waals surface area contributed by atoms with E-state index in [-0.39, 0.29) is 5.54 Å². The lowest BCUT2D eigenvalue weighted by atomic mass is 9.79. The SMILES string of the molecule is O=C=NC1(c2cccc(C3CCC3)c2)CC1. The summed E-state index contributed by atoms with van der Waals surface area (Å²) < 4.78 is 0. The minimum Gasteiger partial charge on any atom is -0.211 e. The van der Waals surface area contributed by atoms with Gasteiger partial charge in [0.2, 0.25) is 6.08 Å². The maximum Gasteiger partial charge on any atom is 0.235 e. The maximum atomic E-state index is 10.4. The first-order chi connectivity index (χ1) is 7.84. The van der Waals surface area contributed by atoms with Gasteiger partial charge in [-0.1, -0.05) is 30.7 Å². The Kier molecular flexibility index (Phi) is 2.19. The van der Waals surface area contributed by atoms with Gasteiger partial charge in [0.05, 0.1) is 5.54 Å². The molecule has 1 aromatic carbocycles. The van der Waals surface area contributed by atoms with Gasteiger partial charge >= 0.3 is 0 Å². The molecule has 0 aromatic heterocycles. The van der Waals surface area contributed by atoms with Gasteiger partial charge in [0.1, 0.15) is 0 Å². The standard InChI is InChI=1S/C14H15NO/c16-10-15-14(7-8-14)13-6-2-5-12(9-13)11-3-1-4-11/h2,5-6,9,11H,1,3-4,7-8H2. The van der Waals surface area contributed by atoms with E-state index in [1.54, 1.807) is 6.08 Å². The monoisotopic (exact) mass is 213 g/mol. The molecule has 0 saturated heterocycles. The van der Waals surface area contributed by atoms with Crippen LogP contribution in [0.4, 0.5) is 0 Å². The second-order valence-corrected chi connectivity index (χ2v) is 4.99. The van der Waals surface area contributed by atoms with E-state index in [4.69, 9.17) is 0 Å². The number of carbonyl (C=O) groups excluding carboxylic acids is 1. The fourth-order valence-electron chi connectivity index (χ4n) is 2.49. The van der Waals surface area contributed by atoms with Gasteiger partial charge in [-0.3, -0.25) is 0 Å². The summed E-state index contributed by atoms with van der Waals surface area (Å²) in [5.41, 5.74) is 2.43. The first kappa shape index (κ1) is 9.80. The van der Waals surface area contributed by atoms with Crippen molar-refractivity contribution in [2.24, 2.45) is 4.99 Å². The Balaban J connectivity index is 1.92. The average Bonchev–Trinajstić information content (AvgIpc) is 2.97. The largest absolute Gasteiger partial charge is 0.235 e. The molecule has 2 heteroatoms. The fraction of sp³-hybridized carbons (Fsp3) is 0.500. The molecular weight excluding hydrogens is 198 g/mol. The third-order valence-corrected chi connectivity index (χ3v) is 3.98.